The number of para-hydroxylation sites is 5. The monoisotopic (exact) mass is 691 g/mol. The Kier molecular flexibility index (Phi) is 6.60. The van der Waals surface area contributed by atoms with Crippen molar-refractivity contribution in [3.05, 3.63) is 199 Å². The fourth-order valence-electron chi connectivity index (χ4n) is 9.42. The molecule has 2 heterocycles. The third kappa shape index (κ3) is 4.24. The van der Waals surface area contributed by atoms with Crippen LogP contribution in [0.5, 0.6) is 0 Å². The lowest BCUT2D eigenvalue weighted by atomic mass is 9.80. The summed E-state index contributed by atoms with van der Waals surface area (Å²) in [4.78, 5) is 2.33. The average molecular weight is 692 g/mol. The summed E-state index contributed by atoms with van der Waals surface area (Å²) >= 11 is 0. The molecule has 0 N–H and O–H groups in total. The Hall–Kier alpha value is -6.84. The second-order valence-corrected chi connectivity index (χ2v) is 14.9. The third-order valence-corrected chi connectivity index (χ3v) is 11.6. The zero-order valence-corrected chi connectivity index (χ0v) is 30.2. The van der Waals surface area contributed by atoms with Crippen LogP contribution in [0.1, 0.15) is 25.0 Å². The summed E-state index contributed by atoms with van der Waals surface area (Å²) in [7, 11) is 0. The van der Waals surface area contributed by atoms with E-state index in [9.17, 15) is 0 Å². The highest BCUT2D eigenvalue weighted by Crippen LogP contribution is 2.58. The van der Waals surface area contributed by atoms with Crippen LogP contribution in [0.15, 0.2) is 188 Å². The Morgan fingerprint density at radius 2 is 0.870 bits per heavy atom. The smallest absolute Gasteiger partial charge is 0.0644 e. The summed E-state index contributed by atoms with van der Waals surface area (Å²) in [6.07, 6.45) is 0. The van der Waals surface area contributed by atoms with Gasteiger partial charge >= 0.3 is 0 Å². The highest BCUT2D eigenvalue weighted by molar-refractivity contribution is 6.31. The third-order valence-electron chi connectivity index (χ3n) is 11.6. The highest BCUT2D eigenvalue weighted by Gasteiger charge is 2.41. The molecule has 10 aromatic rings. The van der Waals surface area contributed by atoms with Crippen molar-refractivity contribution in [2.45, 2.75) is 19.3 Å². The van der Waals surface area contributed by atoms with Gasteiger partial charge in [0.15, 0.2) is 0 Å². The Labute approximate surface area is 314 Å². The van der Waals surface area contributed by atoms with Crippen molar-refractivity contribution in [3.63, 3.8) is 0 Å². The van der Waals surface area contributed by atoms with Crippen LogP contribution in [0.3, 0.4) is 0 Å². The van der Waals surface area contributed by atoms with E-state index < -0.39 is 0 Å². The van der Waals surface area contributed by atoms with Gasteiger partial charge in [0.05, 0.1) is 22.1 Å². The van der Waals surface area contributed by atoms with Crippen molar-refractivity contribution in [1.82, 2.24) is 9.13 Å². The molecule has 0 amide bonds. The normalized spacial score (nSPS) is 13.1. The zero-order chi connectivity index (χ0) is 36.0. The number of hydrogen-bond donors (Lipinski definition) is 0. The molecule has 0 fully saturated rings. The molecule has 0 aliphatic heterocycles. The van der Waals surface area contributed by atoms with Crippen LogP contribution >= 0.6 is 0 Å². The van der Waals surface area contributed by atoms with Crippen LogP contribution in [0.2, 0.25) is 0 Å². The second-order valence-electron chi connectivity index (χ2n) is 14.9. The van der Waals surface area contributed by atoms with Gasteiger partial charge in [-0.3, -0.25) is 0 Å². The standard InChI is InChI=1S/C51H37N3/c1-51(2)42-27-15-12-24-39(42)45-48(51)46-40-25-13-16-28-43(40)54(50(46)47-41-26-14-17-29-44(41)53(49(45)47)36-22-10-5-11-23-36)38-32-30-37(31-33-38)52(34-18-6-3-7-19-34)35-20-8-4-9-21-35/h3-33H,1-2H3. The van der Waals surface area contributed by atoms with Gasteiger partial charge < -0.3 is 14.0 Å². The summed E-state index contributed by atoms with van der Waals surface area (Å²) in [6.45, 7) is 4.84. The number of benzene rings is 8. The Morgan fingerprint density at radius 3 is 1.50 bits per heavy atom. The molecule has 11 rings (SSSR count). The van der Waals surface area contributed by atoms with Crippen LogP contribution in [0.25, 0.3) is 66.1 Å². The van der Waals surface area contributed by atoms with Crippen molar-refractivity contribution in [2.24, 2.45) is 0 Å². The fourth-order valence-corrected chi connectivity index (χ4v) is 9.42. The molecule has 0 radical (unpaired) electrons. The van der Waals surface area contributed by atoms with Gasteiger partial charge in [-0.2, -0.15) is 0 Å². The molecule has 0 unspecified atom stereocenters. The van der Waals surface area contributed by atoms with E-state index in [-0.39, 0.29) is 5.41 Å². The Morgan fingerprint density at radius 1 is 0.407 bits per heavy atom. The first kappa shape index (κ1) is 30.8. The van der Waals surface area contributed by atoms with Gasteiger partial charge in [0, 0.05) is 61.0 Å². The SMILES string of the molecule is CC1(C)c2ccccc2-c2c1c1c3ccccc3n(-c3ccc(N(c4ccccc4)c4ccccc4)cc3)c1c1c3ccccc3n(-c3ccccc3)c21. The second kappa shape index (κ2) is 11.6. The molecule has 0 saturated heterocycles. The number of hydrogen-bond acceptors (Lipinski definition) is 1. The predicted molar refractivity (Wildman–Crippen MR) is 227 cm³/mol. The molecule has 256 valence electrons. The van der Waals surface area contributed by atoms with Gasteiger partial charge in [-0.1, -0.05) is 129 Å². The molecular formula is C51H37N3. The van der Waals surface area contributed by atoms with Gasteiger partial charge in [0.25, 0.3) is 0 Å². The minimum absolute atomic E-state index is 0.221. The zero-order valence-electron chi connectivity index (χ0n) is 30.2. The summed E-state index contributed by atoms with van der Waals surface area (Å²) in [5.74, 6) is 0. The molecule has 0 spiro atoms. The van der Waals surface area contributed by atoms with E-state index in [4.69, 9.17) is 0 Å². The molecule has 8 aromatic carbocycles. The van der Waals surface area contributed by atoms with Gasteiger partial charge in [0.2, 0.25) is 0 Å². The summed E-state index contributed by atoms with van der Waals surface area (Å²) < 4.78 is 5.05. The van der Waals surface area contributed by atoms with E-state index in [1.54, 1.807) is 0 Å². The van der Waals surface area contributed by atoms with E-state index in [2.05, 4.69) is 216 Å². The molecule has 54 heavy (non-hydrogen) atoms. The van der Waals surface area contributed by atoms with Gasteiger partial charge in [-0.05, 0) is 89.5 Å². The maximum absolute atomic E-state index is 2.53. The van der Waals surface area contributed by atoms with Crippen LogP contribution < -0.4 is 4.90 Å². The molecule has 0 saturated carbocycles. The summed E-state index contributed by atoms with van der Waals surface area (Å²) in [6, 6.07) is 68.4. The maximum atomic E-state index is 2.53. The lowest BCUT2D eigenvalue weighted by molar-refractivity contribution is 0.667. The number of aromatic nitrogens is 2. The predicted octanol–water partition coefficient (Wildman–Crippen LogP) is 13.7. The van der Waals surface area contributed by atoms with Crippen molar-refractivity contribution in [3.8, 4) is 22.5 Å². The number of rotatable bonds is 5. The number of fused-ring (bicyclic) bond motifs is 12. The number of nitrogens with zero attached hydrogens (tertiary/aromatic N) is 3. The fraction of sp³-hybridized carbons (Fsp3) is 0.0588. The molecule has 2 aromatic heterocycles. The van der Waals surface area contributed by atoms with Gasteiger partial charge in [-0.15, -0.1) is 0 Å². The summed E-state index contributed by atoms with van der Waals surface area (Å²) in [5, 5.41) is 5.16. The van der Waals surface area contributed by atoms with Crippen molar-refractivity contribution in [2.75, 3.05) is 4.90 Å². The van der Waals surface area contributed by atoms with Crippen LogP contribution in [0.4, 0.5) is 17.1 Å². The van der Waals surface area contributed by atoms with Crippen molar-refractivity contribution in [1.29, 1.82) is 0 Å². The Balaban J connectivity index is 1.29. The van der Waals surface area contributed by atoms with Gasteiger partial charge in [0.1, 0.15) is 0 Å². The molecule has 0 atom stereocenters. The molecule has 1 aliphatic carbocycles. The van der Waals surface area contributed by atoms with Crippen LogP contribution in [0, 0.1) is 0 Å². The Bertz CT molecular complexity index is 3000. The largest absolute Gasteiger partial charge is 0.311 e. The summed E-state index contributed by atoms with van der Waals surface area (Å²) in [5.41, 5.74) is 15.8. The first-order valence-electron chi connectivity index (χ1n) is 18.8. The maximum Gasteiger partial charge on any atom is 0.0644 e. The molecule has 1 aliphatic rings. The molecule has 3 heteroatoms. The van der Waals surface area contributed by atoms with Gasteiger partial charge in [-0.25, -0.2) is 0 Å². The minimum Gasteiger partial charge on any atom is -0.311 e. The van der Waals surface area contributed by atoms with Crippen molar-refractivity contribution < 1.29 is 0 Å². The lowest BCUT2D eigenvalue weighted by Crippen LogP contribution is -2.15. The van der Waals surface area contributed by atoms with E-state index >= 15 is 0 Å². The molecular weight excluding hydrogens is 655 g/mol. The van der Waals surface area contributed by atoms with Crippen LogP contribution in [-0.4, -0.2) is 9.13 Å². The number of anilines is 3. The van der Waals surface area contributed by atoms with E-state index in [0.717, 1.165) is 22.7 Å². The van der Waals surface area contributed by atoms with E-state index in [1.165, 1.54) is 71.6 Å². The topological polar surface area (TPSA) is 13.1 Å². The highest BCUT2D eigenvalue weighted by atomic mass is 15.1. The minimum atomic E-state index is -0.221. The first-order chi connectivity index (χ1) is 26.6. The first-order valence-corrected chi connectivity index (χ1v) is 18.8. The average Bonchev–Trinajstić information content (AvgIpc) is 3.83. The van der Waals surface area contributed by atoms with E-state index in [1.807, 2.05) is 0 Å². The van der Waals surface area contributed by atoms with Crippen LogP contribution in [-0.2, 0) is 5.41 Å². The van der Waals surface area contributed by atoms with Crippen molar-refractivity contribution >= 4 is 60.7 Å². The lowest BCUT2D eigenvalue weighted by Gasteiger charge is -2.25. The van der Waals surface area contributed by atoms with E-state index in [0.29, 0.717) is 0 Å². The quantitative estimate of drug-likeness (QED) is 0.175. The molecule has 3 nitrogen and oxygen atoms in total. The molecule has 0 bridgehead atoms.